The Morgan fingerprint density at radius 2 is 2.29 bits per heavy atom. The van der Waals surface area contributed by atoms with Crippen molar-refractivity contribution < 1.29 is 9.15 Å². The van der Waals surface area contributed by atoms with E-state index in [0.717, 1.165) is 5.76 Å². The molecule has 5 nitrogen and oxygen atoms in total. The fourth-order valence-electron chi connectivity index (χ4n) is 1.39. The summed E-state index contributed by atoms with van der Waals surface area (Å²) in [5.41, 5.74) is 6.27. The van der Waals surface area contributed by atoms with Crippen LogP contribution in [0.3, 0.4) is 0 Å². The van der Waals surface area contributed by atoms with Crippen molar-refractivity contribution >= 4 is 11.5 Å². The highest BCUT2D eigenvalue weighted by Gasteiger charge is 2.04. The molecule has 0 aromatic carbocycles. The van der Waals surface area contributed by atoms with Crippen LogP contribution in [0.2, 0.25) is 0 Å². The van der Waals surface area contributed by atoms with Crippen molar-refractivity contribution in [2.75, 3.05) is 17.7 Å². The molecule has 2 aromatic heterocycles. The van der Waals surface area contributed by atoms with Gasteiger partial charge in [-0.2, -0.15) is 4.98 Å². The molecule has 0 saturated heterocycles. The van der Waals surface area contributed by atoms with Gasteiger partial charge in [-0.3, -0.25) is 0 Å². The number of anilines is 2. The van der Waals surface area contributed by atoms with Gasteiger partial charge in [0.25, 0.3) is 0 Å². The minimum absolute atomic E-state index is 0.456. The molecule has 3 N–H and O–H groups in total. The van der Waals surface area contributed by atoms with Gasteiger partial charge in [0.05, 0.1) is 25.1 Å². The topological polar surface area (TPSA) is 73.3 Å². The van der Waals surface area contributed by atoms with E-state index >= 15 is 0 Å². The molecule has 0 fully saturated rings. The first-order valence-electron chi connectivity index (χ1n) is 5.45. The van der Waals surface area contributed by atoms with E-state index in [1.165, 1.54) is 0 Å². The molecule has 0 radical (unpaired) electrons. The molecule has 0 aliphatic heterocycles. The number of aromatic nitrogens is 1. The van der Waals surface area contributed by atoms with Gasteiger partial charge in [0, 0.05) is 0 Å². The van der Waals surface area contributed by atoms with Crippen molar-refractivity contribution in [3.8, 4) is 5.88 Å². The zero-order valence-electron chi connectivity index (χ0n) is 9.64. The summed E-state index contributed by atoms with van der Waals surface area (Å²) < 4.78 is 10.5. The molecule has 2 heterocycles. The molecule has 17 heavy (non-hydrogen) atoms. The Morgan fingerprint density at radius 3 is 3.00 bits per heavy atom. The zero-order chi connectivity index (χ0) is 12.1. The van der Waals surface area contributed by atoms with E-state index < -0.39 is 0 Å². The van der Waals surface area contributed by atoms with E-state index in [0.29, 0.717) is 30.5 Å². The molecule has 2 rings (SSSR count). The van der Waals surface area contributed by atoms with Crippen molar-refractivity contribution in [1.29, 1.82) is 0 Å². The van der Waals surface area contributed by atoms with E-state index in [4.69, 9.17) is 14.9 Å². The van der Waals surface area contributed by atoms with Crippen molar-refractivity contribution in [2.45, 2.75) is 13.5 Å². The minimum atomic E-state index is 0.456. The van der Waals surface area contributed by atoms with Crippen LogP contribution in [0.15, 0.2) is 34.9 Å². The van der Waals surface area contributed by atoms with E-state index in [1.807, 2.05) is 19.1 Å². The highest BCUT2D eigenvalue weighted by molar-refractivity contribution is 5.53. The summed E-state index contributed by atoms with van der Waals surface area (Å²) in [5, 5.41) is 3.13. The normalized spacial score (nSPS) is 10.2. The van der Waals surface area contributed by atoms with Gasteiger partial charge < -0.3 is 20.2 Å². The molecule has 0 aliphatic carbocycles. The van der Waals surface area contributed by atoms with Crippen LogP contribution in [0.4, 0.5) is 11.5 Å². The second kappa shape index (κ2) is 5.25. The Morgan fingerprint density at radius 1 is 1.41 bits per heavy atom. The average molecular weight is 233 g/mol. The second-order valence-corrected chi connectivity index (χ2v) is 3.46. The quantitative estimate of drug-likeness (QED) is 0.828. The lowest BCUT2D eigenvalue weighted by Gasteiger charge is -2.08. The Hall–Kier alpha value is -2.17. The number of furan rings is 1. The number of ether oxygens (including phenoxy) is 1. The highest BCUT2D eigenvalue weighted by atomic mass is 16.5. The third-order valence-electron chi connectivity index (χ3n) is 2.19. The SMILES string of the molecule is CCOc1nc(NCc2ccco2)ccc1N. The van der Waals surface area contributed by atoms with Crippen LogP contribution in [-0.4, -0.2) is 11.6 Å². The molecule has 2 aromatic rings. The second-order valence-electron chi connectivity index (χ2n) is 3.46. The lowest BCUT2D eigenvalue weighted by molar-refractivity contribution is 0.329. The molecule has 0 spiro atoms. The Bertz CT molecular complexity index is 469. The van der Waals surface area contributed by atoms with Gasteiger partial charge in [0.15, 0.2) is 0 Å². The van der Waals surface area contributed by atoms with Crippen molar-refractivity contribution in [3.63, 3.8) is 0 Å². The van der Waals surface area contributed by atoms with Gasteiger partial charge in [0.1, 0.15) is 11.6 Å². The maximum absolute atomic E-state index is 5.73. The third kappa shape index (κ3) is 2.90. The Kier molecular flexibility index (Phi) is 3.49. The minimum Gasteiger partial charge on any atom is -0.476 e. The first-order valence-corrected chi connectivity index (χ1v) is 5.45. The maximum Gasteiger partial charge on any atom is 0.239 e. The summed E-state index contributed by atoms with van der Waals surface area (Å²) in [7, 11) is 0. The molecule has 90 valence electrons. The van der Waals surface area contributed by atoms with Crippen LogP contribution in [0.25, 0.3) is 0 Å². The van der Waals surface area contributed by atoms with E-state index in [9.17, 15) is 0 Å². The number of nitrogens with one attached hydrogen (secondary N) is 1. The summed E-state index contributed by atoms with van der Waals surface area (Å²) in [6.45, 7) is 3.01. The third-order valence-corrected chi connectivity index (χ3v) is 2.19. The van der Waals surface area contributed by atoms with E-state index in [-0.39, 0.29) is 0 Å². The molecule has 0 bridgehead atoms. The summed E-state index contributed by atoms with van der Waals surface area (Å²) in [4.78, 5) is 4.26. The van der Waals surface area contributed by atoms with Gasteiger partial charge in [-0.15, -0.1) is 0 Å². The lowest BCUT2D eigenvalue weighted by atomic mass is 10.4. The zero-order valence-corrected chi connectivity index (χ0v) is 9.64. The predicted molar refractivity (Wildman–Crippen MR) is 65.9 cm³/mol. The van der Waals surface area contributed by atoms with Crippen LogP contribution in [0.1, 0.15) is 12.7 Å². The van der Waals surface area contributed by atoms with Gasteiger partial charge in [0.2, 0.25) is 5.88 Å². The monoisotopic (exact) mass is 233 g/mol. The molecule has 0 atom stereocenters. The Balaban J connectivity index is 2.03. The Labute approximate surface area is 99.6 Å². The molecule has 0 amide bonds. The average Bonchev–Trinajstić information content (AvgIpc) is 2.83. The van der Waals surface area contributed by atoms with Crippen molar-refractivity contribution in [2.24, 2.45) is 0 Å². The van der Waals surface area contributed by atoms with Crippen LogP contribution in [0.5, 0.6) is 5.88 Å². The summed E-state index contributed by atoms with van der Waals surface area (Å²) in [6.07, 6.45) is 1.64. The van der Waals surface area contributed by atoms with E-state index in [2.05, 4.69) is 10.3 Å². The van der Waals surface area contributed by atoms with Gasteiger partial charge in [-0.25, -0.2) is 0 Å². The van der Waals surface area contributed by atoms with Gasteiger partial charge in [-0.05, 0) is 31.2 Å². The number of hydrogen-bond acceptors (Lipinski definition) is 5. The van der Waals surface area contributed by atoms with Crippen LogP contribution >= 0.6 is 0 Å². The number of nitrogens with two attached hydrogens (primary N) is 1. The van der Waals surface area contributed by atoms with Gasteiger partial charge >= 0.3 is 0 Å². The molecular formula is C12H15N3O2. The van der Waals surface area contributed by atoms with Crippen LogP contribution < -0.4 is 15.8 Å². The summed E-state index contributed by atoms with van der Waals surface area (Å²) in [5.74, 6) is 2.01. The van der Waals surface area contributed by atoms with Crippen LogP contribution in [0, 0.1) is 0 Å². The standard InChI is InChI=1S/C12H15N3O2/c1-2-16-12-10(13)5-6-11(15-12)14-8-9-4-3-7-17-9/h3-7H,2,8,13H2,1H3,(H,14,15). The summed E-state index contributed by atoms with van der Waals surface area (Å²) in [6, 6.07) is 7.32. The van der Waals surface area contributed by atoms with Crippen molar-refractivity contribution in [1.82, 2.24) is 4.98 Å². The van der Waals surface area contributed by atoms with Crippen LogP contribution in [-0.2, 0) is 6.54 Å². The number of nitrogens with zero attached hydrogens (tertiary/aromatic N) is 1. The van der Waals surface area contributed by atoms with Gasteiger partial charge in [-0.1, -0.05) is 0 Å². The van der Waals surface area contributed by atoms with Crippen molar-refractivity contribution in [3.05, 3.63) is 36.3 Å². The lowest BCUT2D eigenvalue weighted by Crippen LogP contribution is -2.04. The highest BCUT2D eigenvalue weighted by Crippen LogP contribution is 2.21. The fourth-order valence-corrected chi connectivity index (χ4v) is 1.39. The number of pyridine rings is 1. The smallest absolute Gasteiger partial charge is 0.239 e. The first-order chi connectivity index (χ1) is 8.29. The number of rotatable bonds is 5. The molecule has 0 aliphatic rings. The predicted octanol–water partition coefficient (Wildman–Crippen LogP) is 2.27. The maximum atomic E-state index is 5.73. The summed E-state index contributed by atoms with van der Waals surface area (Å²) >= 11 is 0. The fraction of sp³-hybridized carbons (Fsp3) is 0.250. The number of nitrogen functional groups attached to an aromatic ring is 1. The largest absolute Gasteiger partial charge is 0.476 e. The number of hydrogen-bond donors (Lipinski definition) is 2. The molecule has 0 saturated carbocycles. The molecule has 0 unspecified atom stereocenters. The first kappa shape index (κ1) is 11.3. The van der Waals surface area contributed by atoms with E-state index in [1.54, 1.807) is 18.4 Å². The molecule has 5 heteroatoms. The molecular weight excluding hydrogens is 218 g/mol.